The molecule has 3 rings (SSSR count). The van der Waals surface area contributed by atoms with Crippen LogP contribution in [-0.4, -0.2) is 21.2 Å². The van der Waals surface area contributed by atoms with Crippen molar-refractivity contribution in [2.75, 3.05) is 0 Å². The molecule has 1 N–H and O–H groups in total. The Morgan fingerprint density at radius 2 is 2.29 bits per heavy atom. The summed E-state index contributed by atoms with van der Waals surface area (Å²) in [5.74, 6) is 2.47. The Kier molecular flexibility index (Phi) is 2.61. The van der Waals surface area contributed by atoms with E-state index in [-0.39, 0.29) is 6.42 Å². The largest absolute Gasteiger partial charge is 0.481 e. The monoisotopic (exact) mass is 236 g/mol. The normalized spacial score (nSPS) is 30.9. The average Bonchev–Trinajstić information content (AvgIpc) is 3.01. The summed E-state index contributed by atoms with van der Waals surface area (Å²) >= 11 is 0. The van der Waals surface area contributed by atoms with Gasteiger partial charge in [-0.05, 0) is 31.1 Å². The van der Waals surface area contributed by atoms with Crippen molar-refractivity contribution in [2.45, 2.75) is 44.4 Å². The summed E-state index contributed by atoms with van der Waals surface area (Å²) in [6.07, 6.45) is 5.52. The van der Waals surface area contributed by atoms with Gasteiger partial charge in [-0.2, -0.15) is 4.98 Å². The smallest absolute Gasteiger partial charge is 0.303 e. The third kappa shape index (κ3) is 2.06. The van der Waals surface area contributed by atoms with E-state index in [2.05, 4.69) is 10.1 Å². The van der Waals surface area contributed by atoms with E-state index in [1.54, 1.807) is 0 Å². The lowest BCUT2D eigenvalue weighted by molar-refractivity contribution is -0.137. The van der Waals surface area contributed by atoms with Crippen molar-refractivity contribution in [3.05, 3.63) is 11.7 Å². The van der Waals surface area contributed by atoms with Gasteiger partial charge in [0, 0.05) is 12.3 Å². The number of fused-ring (bicyclic) bond motifs is 2. The van der Waals surface area contributed by atoms with Crippen LogP contribution in [-0.2, 0) is 11.2 Å². The Morgan fingerprint density at radius 1 is 1.41 bits per heavy atom. The van der Waals surface area contributed by atoms with Gasteiger partial charge in [-0.25, -0.2) is 0 Å². The number of carboxylic acids is 1. The maximum Gasteiger partial charge on any atom is 0.303 e. The van der Waals surface area contributed by atoms with E-state index in [4.69, 9.17) is 9.63 Å². The van der Waals surface area contributed by atoms with Crippen LogP contribution < -0.4 is 0 Å². The van der Waals surface area contributed by atoms with Crippen LogP contribution in [0.15, 0.2) is 4.52 Å². The van der Waals surface area contributed by atoms with Crippen LogP contribution in [0, 0.1) is 11.8 Å². The van der Waals surface area contributed by atoms with E-state index < -0.39 is 5.97 Å². The fourth-order valence-corrected chi connectivity index (χ4v) is 3.30. The van der Waals surface area contributed by atoms with Crippen LogP contribution in [0.3, 0.4) is 0 Å². The first-order chi connectivity index (χ1) is 8.22. The number of aromatic nitrogens is 2. The lowest BCUT2D eigenvalue weighted by Gasteiger charge is -2.17. The molecule has 2 fully saturated rings. The SMILES string of the molecule is O=C(O)CCc1nc(C2CC3CCC2C3)no1. The maximum atomic E-state index is 10.4. The first kappa shape index (κ1) is 10.7. The number of hydrogen-bond donors (Lipinski definition) is 1. The second-order valence-corrected chi connectivity index (χ2v) is 5.22. The highest BCUT2D eigenvalue weighted by atomic mass is 16.5. The zero-order valence-corrected chi connectivity index (χ0v) is 9.63. The van der Waals surface area contributed by atoms with Gasteiger partial charge in [0.05, 0.1) is 6.42 Å². The summed E-state index contributed by atoms with van der Waals surface area (Å²) in [4.78, 5) is 14.8. The van der Waals surface area contributed by atoms with Crippen LogP contribution in [0.2, 0.25) is 0 Å². The minimum absolute atomic E-state index is 0.0539. The van der Waals surface area contributed by atoms with E-state index in [1.165, 1.54) is 25.7 Å². The third-order valence-electron chi connectivity index (χ3n) is 4.11. The van der Waals surface area contributed by atoms with Crippen molar-refractivity contribution in [1.82, 2.24) is 10.1 Å². The molecule has 2 saturated carbocycles. The maximum absolute atomic E-state index is 10.4. The molecule has 0 aliphatic heterocycles. The molecule has 1 aromatic rings. The van der Waals surface area contributed by atoms with Gasteiger partial charge in [0.1, 0.15) is 0 Å². The molecule has 3 atom stereocenters. The van der Waals surface area contributed by atoms with Gasteiger partial charge in [-0.3, -0.25) is 4.79 Å². The van der Waals surface area contributed by atoms with Gasteiger partial charge >= 0.3 is 5.97 Å². The van der Waals surface area contributed by atoms with E-state index in [9.17, 15) is 4.79 Å². The second-order valence-electron chi connectivity index (χ2n) is 5.22. The molecule has 0 radical (unpaired) electrons. The van der Waals surface area contributed by atoms with Gasteiger partial charge < -0.3 is 9.63 Å². The van der Waals surface area contributed by atoms with Gasteiger partial charge in [0.15, 0.2) is 5.82 Å². The third-order valence-corrected chi connectivity index (χ3v) is 4.11. The van der Waals surface area contributed by atoms with Crippen molar-refractivity contribution in [1.29, 1.82) is 0 Å². The molecule has 0 spiro atoms. The molecule has 2 bridgehead atoms. The van der Waals surface area contributed by atoms with Gasteiger partial charge in [-0.15, -0.1) is 0 Å². The standard InChI is InChI=1S/C12H16N2O3/c15-11(16)4-3-10-13-12(14-17-10)9-6-7-1-2-8(9)5-7/h7-9H,1-6H2,(H,15,16). The molecular formula is C12H16N2O3. The zero-order chi connectivity index (χ0) is 11.8. The summed E-state index contributed by atoms with van der Waals surface area (Å²) in [7, 11) is 0. The quantitative estimate of drug-likeness (QED) is 0.865. The number of nitrogens with zero attached hydrogens (tertiary/aromatic N) is 2. The Hall–Kier alpha value is -1.39. The van der Waals surface area contributed by atoms with Crippen molar-refractivity contribution < 1.29 is 14.4 Å². The summed E-state index contributed by atoms with van der Waals surface area (Å²) < 4.78 is 5.11. The lowest BCUT2D eigenvalue weighted by Crippen LogP contribution is -2.10. The molecule has 5 heteroatoms. The molecule has 0 amide bonds. The van der Waals surface area contributed by atoms with Crippen LogP contribution in [0.4, 0.5) is 0 Å². The molecule has 0 aromatic carbocycles. The van der Waals surface area contributed by atoms with Crippen LogP contribution in [0.1, 0.15) is 49.7 Å². The lowest BCUT2D eigenvalue weighted by atomic mass is 9.88. The molecule has 2 aliphatic rings. The summed E-state index contributed by atoms with van der Waals surface area (Å²) in [6.45, 7) is 0. The average molecular weight is 236 g/mol. The summed E-state index contributed by atoms with van der Waals surface area (Å²) in [5.41, 5.74) is 0. The van der Waals surface area contributed by atoms with Crippen LogP contribution >= 0.6 is 0 Å². The first-order valence-corrected chi connectivity index (χ1v) is 6.26. The molecule has 2 aliphatic carbocycles. The molecular weight excluding hydrogens is 220 g/mol. The number of hydrogen-bond acceptors (Lipinski definition) is 4. The number of rotatable bonds is 4. The number of aliphatic carboxylic acids is 1. The van der Waals surface area contributed by atoms with E-state index >= 15 is 0 Å². The molecule has 3 unspecified atom stereocenters. The summed E-state index contributed by atoms with van der Waals surface area (Å²) in [6, 6.07) is 0. The van der Waals surface area contributed by atoms with E-state index in [0.717, 1.165) is 17.7 Å². The van der Waals surface area contributed by atoms with Gasteiger partial charge in [-0.1, -0.05) is 11.6 Å². The fourth-order valence-electron chi connectivity index (χ4n) is 3.30. The predicted octanol–water partition coefficient (Wildman–Crippen LogP) is 1.99. The van der Waals surface area contributed by atoms with E-state index in [1.807, 2.05) is 0 Å². The van der Waals surface area contributed by atoms with Gasteiger partial charge in [0.25, 0.3) is 0 Å². The minimum atomic E-state index is -0.829. The Bertz CT molecular complexity index is 429. The summed E-state index contributed by atoms with van der Waals surface area (Å²) in [5, 5.41) is 12.6. The first-order valence-electron chi connectivity index (χ1n) is 6.26. The van der Waals surface area contributed by atoms with Crippen LogP contribution in [0.5, 0.6) is 0 Å². The Morgan fingerprint density at radius 3 is 2.94 bits per heavy atom. The Balaban J connectivity index is 1.66. The molecule has 5 nitrogen and oxygen atoms in total. The van der Waals surface area contributed by atoms with Crippen molar-refractivity contribution in [2.24, 2.45) is 11.8 Å². The molecule has 92 valence electrons. The van der Waals surface area contributed by atoms with Crippen LogP contribution in [0.25, 0.3) is 0 Å². The Labute approximate surface area is 99.2 Å². The highest BCUT2D eigenvalue weighted by molar-refractivity contribution is 5.66. The molecule has 1 heterocycles. The fraction of sp³-hybridized carbons (Fsp3) is 0.750. The van der Waals surface area contributed by atoms with Crippen molar-refractivity contribution in [3.63, 3.8) is 0 Å². The number of aryl methyl sites for hydroxylation is 1. The zero-order valence-electron chi connectivity index (χ0n) is 9.63. The molecule has 0 saturated heterocycles. The topological polar surface area (TPSA) is 76.2 Å². The number of carboxylic acid groups (broad SMARTS) is 1. The van der Waals surface area contributed by atoms with Gasteiger partial charge in [0.2, 0.25) is 5.89 Å². The van der Waals surface area contributed by atoms with Crippen molar-refractivity contribution >= 4 is 5.97 Å². The highest BCUT2D eigenvalue weighted by Crippen LogP contribution is 2.52. The van der Waals surface area contributed by atoms with Crippen molar-refractivity contribution in [3.8, 4) is 0 Å². The molecule has 1 aromatic heterocycles. The molecule has 17 heavy (non-hydrogen) atoms. The minimum Gasteiger partial charge on any atom is -0.481 e. The predicted molar refractivity (Wildman–Crippen MR) is 58.4 cm³/mol. The highest BCUT2D eigenvalue weighted by Gasteiger charge is 2.42. The number of carbonyl (C=O) groups is 1. The second kappa shape index (κ2) is 4.13. The van der Waals surface area contributed by atoms with E-state index in [0.29, 0.717) is 18.2 Å².